The highest BCUT2D eigenvalue weighted by atomic mass is 35.5. The summed E-state index contributed by atoms with van der Waals surface area (Å²) in [4.78, 5) is 4.52. The van der Waals surface area contributed by atoms with Crippen LogP contribution in [0.1, 0.15) is 0 Å². The van der Waals surface area contributed by atoms with Crippen LogP contribution in [0.2, 0.25) is 5.02 Å². The average molecular weight is 400 g/mol. The number of likely N-dealkylation sites (N-methyl/N-ethyl adjacent to an activating group) is 2. The van der Waals surface area contributed by atoms with Gasteiger partial charge in [-0.2, -0.15) is 11.3 Å². The number of thiophene rings is 1. The molecule has 1 atom stereocenters. The number of hydrogen-bond acceptors (Lipinski definition) is 5. The van der Waals surface area contributed by atoms with Crippen molar-refractivity contribution in [1.29, 1.82) is 0 Å². The van der Waals surface area contributed by atoms with E-state index in [2.05, 4.69) is 21.6 Å². The Balaban J connectivity index is 1.73. The van der Waals surface area contributed by atoms with E-state index in [4.69, 9.17) is 11.6 Å². The Hall–Kier alpha value is -0.960. The quantitative estimate of drug-likeness (QED) is 0.839. The van der Waals surface area contributed by atoms with Crippen molar-refractivity contribution in [2.45, 2.75) is 10.9 Å². The van der Waals surface area contributed by atoms with Gasteiger partial charge >= 0.3 is 0 Å². The summed E-state index contributed by atoms with van der Waals surface area (Å²) < 4.78 is 28.0. The largest absolute Gasteiger partial charge is 0.303 e. The highest BCUT2D eigenvalue weighted by Gasteiger charge is 2.25. The minimum Gasteiger partial charge on any atom is -0.303 e. The molecule has 1 unspecified atom stereocenters. The summed E-state index contributed by atoms with van der Waals surface area (Å²) in [5.41, 5.74) is 1.95. The lowest BCUT2D eigenvalue weighted by Gasteiger charge is -2.37. The molecule has 3 rings (SSSR count). The van der Waals surface area contributed by atoms with Crippen molar-refractivity contribution in [3.05, 3.63) is 40.0 Å². The summed E-state index contributed by atoms with van der Waals surface area (Å²) in [6.45, 7) is 3.13. The summed E-state index contributed by atoms with van der Waals surface area (Å²) in [6.07, 6.45) is 0. The zero-order valence-corrected chi connectivity index (χ0v) is 16.7. The SMILES string of the molecule is CN1CCN(C)C(CNS(=O)(=O)c2ccc(-c3ccsc3)cc2Cl)C1. The minimum absolute atomic E-state index is 0.125. The van der Waals surface area contributed by atoms with Crippen molar-refractivity contribution in [2.75, 3.05) is 40.3 Å². The predicted octanol–water partition coefficient (Wildman–Crippen LogP) is 2.59. The molecule has 1 aromatic heterocycles. The van der Waals surface area contributed by atoms with Gasteiger partial charge in [0.1, 0.15) is 4.90 Å². The van der Waals surface area contributed by atoms with E-state index in [0.29, 0.717) is 6.54 Å². The highest BCUT2D eigenvalue weighted by Crippen LogP contribution is 2.29. The van der Waals surface area contributed by atoms with Crippen LogP contribution in [0.4, 0.5) is 0 Å². The highest BCUT2D eigenvalue weighted by molar-refractivity contribution is 7.89. The number of nitrogens with one attached hydrogen (secondary N) is 1. The molecule has 0 amide bonds. The third-order valence-corrected chi connectivity index (χ3v) is 7.15. The van der Waals surface area contributed by atoms with Gasteiger partial charge < -0.3 is 4.90 Å². The van der Waals surface area contributed by atoms with E-state index in [-0.39, 0.29) is 16.0 Å². The Labute approximate surface area is 158 Å². The summed E-state index contributed by atoms with van der Waals surface area (Å²) in [5.74, 6) is 0. The first-order valence-corrected chi connectivity index (χ1v) is 10.9. The van der Waals surface area contributed by atoms with Gasteiger partial charge in [0.15, 0.2) is 0 Å². The molecule has 1 aliphatic heterocycles. The van der Waals surface area contributed by atoms with Gasteiger partial charge in [0.05, 0.1) is 5.02 Å². The van der Waals surface area contributed by atoms with E-state index in [9.17, 15) is 8.42 Å². The van der Waals surface area contributed by atoms with Gasteiger partial charge in [-0.15, -0.1) is 0 Å². The Morgan fingerprint density at radius 2 is 2.04 bits per heavy atom. The Kier molecular flexibility index (Phi) is 5.82. The molecule has 136 valence electrons. The number of sulfonamides is 1. The number of rotatable bonds is 5. The topological polar surface area (TPSA) is 52.6 Å². The van der Waals surface area contributed by atoms with Crippen LogP contribution in [0.3, 0.4) is 0 Å². The molecule has 1 fully saturated rings. The van der Waals surface area contributed by atoms with Gasteiger partial charge in [0, 0.05) is 32.2 Å². The van der Waals surface area contributed by atoms with Crippen molar-refractivity contribution in [1.82, 2.24) is 14.5 Å². The van der Waals surface area contributed by atoms with Crippen LogP contribution in [-0.4, -0.2) is 64.5 Å². The molecule has 0 aliphatic carbocycles. The fraction of sp³-hybridized carbons (Fsp3) is 0.412. The fourth-order valence-electron chi connectivity index (χ4n) is 2.93. The third-order valence-electron chi connectivity index (χ3n) is 4.57. The first-order valence-electron chi connectivity index (χ1n) is 8.07. The monoisotopic (exact) mass is 399 g/mol. The van der Waals surface area contributed by atoms with Crippen molar-refractivity contribution >= 4 is 33.0 Å². The second-order valence-corrected chi connectivity index (χ2v) is 9.33. The molecule has 0 bridgehead atoms. The smallest absolute Gasteiger partial charge is 0.242 e. The summed E-state index contributed by atoms with van der Waals surface area (Å²) in [5, 5.41) is 4.23. The van der Waals surface area contributed by atoms with E-state index in [1.165, 1.54) is 0 Å². The normalized spacial score (nSPS) is 20.0. The average Bonchev–Trinajstić information content (AvgIpc) is 3.10. The van der Waals surface area contributed by atoms with E-state index in [1.807, 2.05) is 23.9 Å². The van der Waals surface area contributed by atoms with Crippen LogP contribution >= 0.6 is 22.9 Å². The van der Waals surface area contributed by atoms with Gasteiger partial charge in [-0.3, -0.25) is 4.90 Å². The zero-order chi connectivity index (χ0) is 18.0. The molecule has 8 heteroatoms. The van der Waals surface area contributed by atoms with Crippen molar-refractivity contribution in [3.8, 4) is 11.1 Å². The summed E-state index contributed by atoms with van der Waals surface area (Å²) in [6, 6.07) is 7.21. The van der Waals surface area contributed by atoms with Crippen molar-refractivity contribution in [2.24, 2.45) is 0 Å². The first kappa shape index (κ1) is 18.8. The molecule has 25 heavy (non-hydrogen) atoms. The molecule has 0 spiro atoms. The maximum atomic E-state index is 12.7. The second kappa shape index (κ2) is 7.73. The van der Waals surface area contributed by atoms with Gasteiger partial charge in [-0.25, -0.2) is 13.1 Å². The van der Waals surface area contributed by atoms with Gasteiger partial charge in [0.2, 0.25) is 10.0 Å². The molecule has 0 saturated carbocycles. The second-order valence-electron chi connectivity index (χ2n) is 6.41. The third kappa shape index (κ3) is 4.42. The molecular weight excluding hydrogens is 378 g/mol. The standard InChI is InChI=1S/C17H22ClN3O2S2/c1-20-6-7-21(2)15(11-20)10-19-25(22,23)17-4-3-13(9-16(17)18)14-5-8-24-12-14/h3-5,8-9,12,15,19H,6-7,10-11H2,1-2H3. The van der Waals surface area contributed by atoms with Crippen molar-refractivity contribution < 1.29 is 8.42 Å². The van der Waals surface area contributed by atoms with Gasteiger partial charge in [-0.1, -0.05) is 17.7 Å². The Morgan fingerprint density at radius 1 is 1.24 bits per heavy atom. The summed E-state index contributed by atoms with van der Waals surface area (Å²) >= 11 is 7.86. The number of nitrogens with zero attached hydrogens (tertiary/aromatic N) is 2. The lowest BCUT2D eigenvalue weighted by Crippen LogP contribution is -2.54. The number of halogens is 1. The van der Waals surface area contributed by atoms with E-state index in [0.717, 1.165) is 30.8 Å². The van der Waals surface area contributed by atoms with Crippen LogP contribution in [0.25, 0.3) is 11.1 Å². The van der Waals surface area contributed by atoms with Crippen LogP contribution < -0.4 is 4.72 Å². The van der Waals surface area contributed by atoms with Gasteiger partial charge in [-0.05, 0) is 54.2 Å². The maximum absolute atomic E-state index is 12.7. The first-order chi connectivity index (χ1) is 11.9. The molecule has 0 radical (unpaired) electrons. The molecule has 1 N–H and O–H groups in total. The number of benzene rings is 1. The summed E-state index contributed by atoms with van der Waals surface area (Å²) in [7, 11) is 0.431. The predicted molar refractivity (Wildman–Crippen MR) is 104 cm³/mol. The minimum atomic E-state index is -3.64. The molecule has 2 heterocycles. The molecule has 1 saturated heterocycles. The van der Waals surface area contributed by atoms with Crippen LogP contribution in [0.5, 0.6) is 0 Å². The van der Waals surface area contributed by atoms with Crippen LogP contribution in [-0.2, 0) is 10.0 Å². The van der Waals surface area contributed by atoms with Gasteiger partial charge in [0.25, 0.3) is 0 Å². The van der Waals surface area contributed by atoms with Crippen molar-refractivity contribution in [3.63, 3.8) is 0 Å². The van der Waals surface area contributed by atoms with E-state index in [1.54, 1.807) is 29.5 Å². The fourth-order valence-corrected chi connectivity index (χ4v) is 5.21. The lowest BCUT2D eigenvalue weighted by molar-refractivity contribution is 0.117. The van der Waals surface area contributed by atoms with Crippen LogP contribution in [0.15, 0.2) is 39.9 Å². The lowest BCUT2D eigenvalue weighted by atomic mass is 10.1. The molecule has 1 aromatic carbocycles. The molecule has 2 aromatic rings. The molecular formula is C17H22ClN3O2S2. The Morgan fingerprint density at radius 3 is 2.72 bits per heavy atom. The van der Waals surface area contributed by atoms with E-state index < -0.39 is 10.0 Å². The molecule has 1 aliphatic rings. The number of hydrogen-bond donors (Lipinski definition) is 1. The van der Waals surface area contributed by atoms with Crippen LogP contribution in [0, 0.1) is 0 Å². The zero-order valence-electron chi connectivity index (χ0n) is 14.3. The maximum Gasteiger partial charge on any atom is 0.242 e. The Bertz CT molecular complexity index is 824. The van der Waals surface area contributed by atoms with E-state index >= 15 is 0 Å². The molecule has 5 nitrogen and oxygen atoms in total. The number of piperazine rings is 1.